The SMILES string of the molecule is CN1C(=O)NC(=O)C(=O)C1=O.O.O.O.O. The van der Waals surface area contributed by atoms with Gasteiger partial charge in [-0.1, -0.05) is 0 Å². The number of hydrogen-bond donors (Lipinski definition) is 1. The fourth-order valence-electron chi connectivity index (χ4n) is 0.579. The minimum atomic E-state index is -1.22. The van der Waals surface area contributed by atoms with Crippen molar-refractivity contribution in [3.05, 3.63) is 0 Å². The molecule has 0 unspecified atom stereocenters. The van der Waals surface area contributed by atoms with E-state index in [0.29, 0.717) is 4.90 Å². The van der Waals surface area contributed by atoms with E-state index in [1.54, 1.807) is 5.32 Å². The molecule has 0 aliphatic carbocycles. The number of carbonyl (C=O) groups excluding carboxylic acids is 4. The zero-order chi connectivity index (χ0) is 8.59. The lowest BCUT2D eigenvalue weighted by molar-refractivity contribution is -0.150. The molecule has 1 rings (SSSR count). The first-order valence-electron chi connectivity index (χ1n) is 2.71. The van der Waals surface area contributed by atoms with Crippen LogP contribution in [0.2, 0.25) is 0 Å². The Bertz CT molecular complexity index is 274. The number of barbiturate groups is 1. The van der Waals surface area contributed by atoms with Gasteiger partial charge in [-0.2, -0.15) is 0 Å². The Kier molecular flexibility index (Phi) is 11.6. The van der Waals surface area contributed by atoms with Crippen molar-refractivity contribution in [3.8, 4) is 0 Å². The average molecular weight is 228 g/mol. The Labute approximate surface area is 83.1 Å². The van der Waals surface area contributed by atoms with Gasteiger partial charge >= 0.3 is 23.6 Å². The molecule has 0 aromatic rings. The van der Waals surface area contributed by atoms with Gasteiger partial charge in [-0.3, -0.25) is 24.6 Å². The predicted molar refractivity (Wildman–Crippen MR) is 45.8 cm³/mol. The number of amides is 4. The van der Waals surface area contributed by atoms with Crippen LogP contribution in [0.3, 0.4) is 0 Å². The van der Waals surface area contributed by atoms with Gasteiger partial charge in [0.2, 0.25) is 0 Å². The van der Waals surface area contributed by atoms with Crippen LogP contribution in [0.1, 0.15) is 0 Å². The second-order valence-corrected chi connectivity index (χ2v) is 1.95. The molecule has 10 heteroatoms. The van der Waals surface area contributed by atoms with Crippen molar-refractivity contribution < 1.29 is 41.1 Å². The minimum Gasteiger partial charge on any atom is -0.412 e. The number of nitrogens with zero attached hydrogens (tertiary/aromatic N) is 1. The molecule has 10 nitrogen and oxygen atoms in total. The fraction of sp³-hybridized carbons (Fsp3) is 0.200. The predicted octanol–water partition coefficient (Wildman–Crippen LogP) is -5.04. The maximum Gasteiger partial charge on any atom is 0.331 e. The molecule has 1 saturated heterocycles. The summed E-state index contributed by atoms with van der Waals surface area (Å²) in [4.78, 5) is 42.7. The molecule has 1 heterocycles. The molecular formula is C5H12N2O8. The third-order valence-corrected chi connectivity index (χ3v) is 1.23. The Balaban J connectivity index is -0.000000151. The van der Waals surface area contributed by atoms with E-state index in [1.165, 1.54) is 0 Å². The number of hydrogen-bond acceptors (Lipinski definition) is 4. The number of urea groups is 1. The van der Waals surface area contributed by atoms with Crippen LogP contribution in [0.4, 0.5) is 4.79 Å². The molecule has 1 aliphatic heterocycles. The Morgan fingerprint density at radius 3 is 1.73 bits per heavy atom. The summed E-state index contributed by atoms with van der Waals surface area (Å²) in [6.07, 6.45) is 0. The van der Waals surface area contributed by atoms with E-state index in [1.807, 2.05) is 0 Å². The molecule has 0 aromatic heterocycles. The van der Waals surface area contributed by atoms with Crippen molar-refractivity contribution in [3.63, 3.8) is 0 Å². The van der Waals surface area contributed by atoms with Crippen LogP contribution in [0, 0.1) is 0 Å². The summed E-state index contributed by atoms with van der Waals surface area (Å²) in [5.41, 5.74) is 0. The van der Waals surface area contributed by atoms with E-state index in [4.69, 9.17) is 0 Å². The van der Waals surface area contributed by atoms with E-state index in [9.17, 15) is 19.2 Å². The summed E-state index contributed by atoms with van der Waals surface area (Å²) in [6.45, 7) is 0. The van der Waals surface area contributed by atoms with E-state index in [0.717, 1.165) is 7.05 Å². The van der Waals surface area contributed by atoms with E-state index in [-0.39, 0.29) is 21.9 Å². The van der Waals surface area contributed by atoms with E-state index < -0.39 is 23.6 Å². The van der Waals surface area contributed by atoms with Crippen LogP contribution < -0.4 is 5.32 Å². The standard InChI is InChI=1S/C5H4N2O4.4H2O/c1-7-4(10)2(8)3(9)6-5(7)11;;;;/h1H3,(H,6,9,11);4*1H2. The third-order valence-electron chi connectivity index (χ3n) is 1.23. The van der Waals surface area contributed by atoms with Crippen LogP contribution in [0.15, 0.2) is 0 Å². The summed E-state index contributed by atoms with van der Waals surface area (Å²) in [5, 5.41) is 1.69. The highest BCUT2D eigenvalue weighted by atomic mass is 16.2. The molecule has 15 heavy (non-hydrogen) atoms. The number of imide groups is 2. The topological polar surface area (TPSA) is 210 Å². The molecule has 0 spiro atoms. The van der Waals surface area contributed by atoms with Crippen LogP contribution >= 0.6 is 0 Å². The minimum absolute atomic E-state index is 0. The van der Waals surface area contributed by atoms with Gasteiger partial charge in [0, 0.05) is 7.05 Å². The lowest BCUT2D eigenvalue weighted by atomic mass is 10.3. The zero-order valence-corrected chi connectivity index (χ0v) is 7.58. The average Bonchev–Trinajstić information content (AvgIpc) is 1.97. The van der Waals surface area contributed by atoms with Gasteiger partial charge in [-0.25, -0.2) is 4.79 Å². The number of nitrogens with one attached hydrogen (secondary N) is 1. The van der Waals surface area contributed by atoms with Crippen molar-refractivity contribution in [1.82, 2.24) is 10.2 Å². The lowest BCUT2D eigenvalue weighted by Gasteiger charge is -2.18. The molecule has 90 valence electrons. The zero-order valence-electron chi connectivity index (χ0n) is 7.58. The Morgan fingerprint density at radius 1 is 0.933 bits per heavy atom. The summed E-state index contributed by atoms with van der Waals surface area (Å²) in [5.74, 6) is -3.48. The van der Waals surface area contributed by atoms with Crippen LogP contribution in [0.5, 0.6) is 0 Å². The van der Waals surface area contributed by atoms with Crippen molar-refractivity contribution in [2.75, 3.05) is 7.05 Å². The summed E-state index contributed by atoms with van der Waals surface area (Å²) in [7, 11) is 1.11. The second-order valence-electron chi connectivity index (χ2n) is 1.95. The highest BCUT2D eigenvalue weighted by molar-refractivity contribution is 6.66. The molecular weight excluding hydrogens is 216 g/mol. The van der Waals surface area contributed by atoms with Gasteiger partial charge in [0.1, 0.15) is 0 Å². The van der Waals surface area contributed by atoms with Crippen molar-refractivity contribution >= 4 is 23.6 Å². The first-order valence-corrected chi connectivity index (χ1v) is 2.71. The number of likely N-dealkylation sites (N-methyl/N-ethyl adjacent to an activating group) is 1. The van der Waals surface area contributed by atoms with E-state index >= 15 is 0 Å². The van der Waals surface area contributed by atoms with Gasteiger partial charge in [0.25, 0.3) is 0 Å². The van der Waals surface area contributed by atoms with Gasteiger partial charge in [0.15, 0.2) is 0 Å². The van der Waals surface area contributed by atoms with E-state index in [2.05, 4.69) is 0 Å². The number of Topliss-reactive ketones (excluding diaryl/α,β-unsaturated/α-hetero) is 1. The molecule has 4 amide bonds. The highest BCUT2D eigenvalue weighted by Gasteiger charge is 2.36. The van der Waals surface area contributed by atoms with Crippen molar-refractivity contribution in [1.29, 1.82) is 0 Å². The van der Waals surface area contributed by atoms with Crippen LogP contribution in [0.25, 0.3) is 0 Å². The number of carbonyl (C=O) groups is 4. The first-order chi connectivity index (χ1) is 5.04. The van der Waals surface area contributed by atoms with Crippen molar-refractivity contribution in [2.45, 2.75) is 0 Å². The fourth-order valence-corrected chi connectivity index (χ4v) is 0.579. The largest absolute Gasteiger partial charge is 0.412 e. The second kappa shape index (κ2) is 7.52. The van der Waals surface area contributed by atoms with Crippen molar-refractivity contribution in [2.24, 2.45) is 0 Å². The summed E-state index contributed by atoms with van der Waals surface area (Å²) < 4.78 is 0. The Morgan fingerprint density at radius 2 is 1.33 bits per heavy atom. The maximum absolute atomic E-state index is 10.6. The first kappa shape index (κ1) is 23.2. The molecule has 1 fully saturated rings. The molecule has 9 N–H and O–H groups in total. The smallest absolute Gasteiger partial charge is 0.331 e. The van der Waals surface area contributed by atoms with Crippen LogP contribution in [-0.2, 0) is 14.4 Å². The normalized spacial score (nSPS) is 13.8. The molecule has 0 atom stereocenters. The molecule has 0 saturated carbocycles. The summed E-state index contributed by atoms with van der Waals surface area (Å²) in [6, 6.07) is -0.875. The van der Waals surface area contributed by atoms with Gasteiger partial charge in [0.05, 0.1) is 0 Å². The third kappa shape index (κ3) is 3.78. The summed E-state index contributed by atoms with van der Waals surface area (Å²) >= 11 is 0. The van der Waals surface area contributed by atoms with Gasteiger partial charge in [-0.15, -0.1) is 0 Å². The van der Waals surface area contributed by atoms with Crippen LogP contribution in [-0.4, -0.2) is 57.5 Å². The quantitative estimate of drug-likeness (QED) is 0.403. The maximum atomic E-state index is 10.6. The molecule has 1 aliphatic rings. The molecule has 0 aromatic carbocycles. The van der Waals surface area contributed by atoms with Gasteiger partial charge < -0.3 is 21.9 Å². The van der Waals surface area contributed by atoms with Gasteiger partial charge in [-0.05, 0) is 0 Å². The molecule has 0 bridgehead atoms. The monoisotopic (exact) mass is 228 g/mol. The Hall–Kier alpha value is -1.88. The number of rotatable bonds is 0. The lowest BCUT2D eigenvalue weighted by Crippen LogP contribution is -2.56. The molecule has 0 radical (unpaired) electrons. The highest BCUT2D eigenvalue weighted by Crippen LogP contribution is 1.94. The number of ketones is 1.